The van der Waals surface area contributed by atoms with Gasteiger partial charge in [0, 0.05) is 26.2 Å². The number of para-hydroxylation sites is 1. The quantitative estimate of drug-likeness (QED) is 0.758. The third-order valence-electron chi connectivity index (χ3n) is 5.32. The number of carbonyl (C=O) groups excluding carboxylic acids is 1. The van der Waals surface area contributed by atoms with Gasteiger partial charge in [-0.3, -0.25) is 4.79 Å². The third kappa shape index (κ3) is 5.00. The van der Waals surface area contributed by atoms with Gasteiger partial charge in [0.1, 0.15) is 5.75 Å². The molecule has 0 saturated carbocycles. The average molecular weight is 397 g/mol. The van der Waals surface area contributed by atoms with Crippen molar-refractivity contribution in [3.63, 3.8) is 0 Å². The first-order valence-corrected chi connectivity index (χ1v) is 11.3. The largest absolute Gasteiger partial charge is 0.496 e. The summed E-state index contributed by atoms with van der Waals surface area (Å²) in [5.74, 6) is 0.589. The molecule has 8 heteroatoms. The smallest absolute Gasteiger partial charge is 0.257 e. The van der Waals surface area contributed by atoms with Gasteiger partial charge in [0.15, 0.2) is 0 Å². The van der Waals surface area contributed by atoms with E-state index < -0.39 is 10.0 Å². The third-order valence-corrected chi connectivity index (χ3v) is 6.62. The van der Waals surface area contributed by atoms with Crippen molar-refractivity contribution in [1.29, 1.82) is 0 Å². The van der Waals surface area contributed by atoms with Crippen molar-refractivity contribution in [2.24, 2.45) is 0 Å². The van der Waals surface area contributed by atoms with Crippen LogP contribution < -0.4 is 4.74 Å². The maximum atomic E-state index is 12.7. The highest BCUT2D eigenvalue weighted by atomic mass is 32.2. The van der Waals surface area contributed by atoms with E-state index >= 15 is 0 Å². The van der Waals surface area contributed by atoms with E-state index in [1.807, 2.05) is 17.0 Å². The van der Waals surface area contributed by atoms with Gasteiger partial charge >= 0.3 is 0 Å². The summed E-state index contributed by atoms with van der Waals surface area (Å²) >= 11 is 0. The normalized spacial score (nSPS) is 20.6. The standard InChI is InChI=1S/C19H28N2O5S/c1-25-18-6-4-3-5-17(18)19(22)20-11-7-15(8-12-20)26-16-9-13-21(14-10-16)27(2,23)24/h3-6,15-16H,7-14H2,1-2H3. The Morgan fingerprint density at radius 2 is 1.56 bits per heavy atom. The van der Waals surface area contributed by atoms with Gasteiger partial charge in [0.25, 0.3) is 5.91 Å². The molecule has 0 N–H and O–H groups in total. The van der Waals surface area contributed by atoms with Crippen molar-refractivity contribution in [3.05, 3.63) is 29.8 Å². The fraction of sp³-hybridized carbons (Fsp3) is 0.632. The molecule has 2 saturated heterocycles. The molecular formula is C19H28N2O5S. The molecule has 0 atom stereocenters. The van der Waals surface area contributed by atoms with Crippen LogP contribution in [0, 0.1) is 0 Å². The number of ether oxygens (including phenoxy) is 2. The van der Waals surface area contributed by atoms with E-state index in [2.05, 4.69) is 0 Å². The van der Waals surface area contributed by atoms with Gasteiger partial charge in [-0.2, -0.15) is 0 Å². The Morgan fingerprint density at radius 3 is 2.11 bits per heavy atom. The highest BCUT2D eigenvalue weighted by Gasteiger charge is 2.30. The van der Waals surface area contributed by atoms with Gasteiger partial charge in [-0.1, -0.05) is 12.1 Å². The van der Waals surface area contributed by atoms with E-state index in [1.165, 1.54) is 10.6 Å². The Balaban J connectivity index is 1.47. The van der Waals surface area contributed by atoms with Crippen LogP contribution in [-0.4, -0.2) is 75.3 Å². The molecule has 0 aliphatic carbocycles. The summed E-state index contributed by atoms with van der Waals surface area (Å²) in [6.45, 7) is 2.36. The Morgan fingerprint density at radius 1 is 1.00 bits per heavy atom. The molecule has 1 aromatic rings. The first-order chi connectivity index (χ1) is 12.9. The number of methoxy groups -OCH3 is 1. The molecule has 3 rings (SSSR count). The highest BCUT2D eigenvalue weighted by molar-refractivity contribution is 7.88. The molecule has 0 aromatic heterocycles. The van der Waals surface area contributed by atoms with E-state index in [1.54, 1.807) is 19.2 Å². The van der Waals surface area contributed by atoms with Crippen LogP contribution in [0.25, 0.3) is 0 Å². The maximum Gasteiger partial charge on any atom is 0.257 e. The molecule has 0 spiro atoms. The molecule has 27 heavy (non-hydrogen) atoms. The molecule has 0 unspecified atom stereocenters. The molecule has 0 bridgehead atoms. The molecule has 150 valence electrons. The Kier molecular flexibility index (Phi) is 6.39. The number of carbonyl (C=O) groups is 1. The minimum atomic E-state index is -3.11. The zero-order chi connectivity index (χ0) is 19.4. The molecule has 2 fully saturated rings. The topological polar surface area (TPSA) is 76.2 Å². The lowest BCUT2D eigenvalue weighted by Crippen LogP contribution is -2.44. The minimum absolute atomic E-state index is 0.00707. The lowest BCUT2D eigenvalue weighted by Gasteiger charge is -2.36. The fourth-order valence-corrected chi connectivity index (χ4v) is 4.63. The lowest BCUT2D eigenvalue weighted by atomic mass is 10.0. The van der Waals surface area contributed by atoms with Crippen LogP contribution in [0.5, 0.6) is 5.75 Å². The first-order valence-electron chi connectivity index (χ1n) is 9.41. The van der Waals surface area contributed by atoms with Gasteiger partial charge in [0.2, 0.25) is 10.0 Å². The Labute approximate surface area is 161 Å². The number of rotatable bonds is 5. The first kappa shape index (κ1) is 20.1. The van der Waals surface area contributed by atoms with Crippen LogP contribution in [0.1, 0.15) is 36.0 Å². The van der Waals surface area contributed by atoms with Crippen molar-refractivity contribution in [2.45, 2.75) is 37.9 Å². The molecule has 2 heterocycles. The van der Waals surface area contributed by atoms with Crippen molar-refractivity contribution in [2.75, 3.05) is 39.5 Å². The van der Waals surface area contributed by atoms with Gasteiger partial charge in [-0.05, 0) is 37.8 Å². The van der Waals surface area contributed by atoms with Crippen molar-refractivity contribution >= 4 is 15.9 Å². The number of likely N-dealkylation sites (tertiary alicyclic amines) is 1. The minimum Gasteiger partial charge on any atom is -0.496 e. The second-order valence-corrected chi connectivity index (χ2v) is 9.17. The van der Waals surface area contributed by atoms with Crippen LogP contribution in [-0.2, 0) is 14.8 Å². The molecular weight excluding hydrogens is 368 g/mol. The van der Waals surface area contributed by atoms with E-state index in [0.29, 0.717) is 37.5 Å². The summed E-state index contributed by atoms with van der Waals surface area (Å²) in [5, 5.41) is 0. The zero-order valence-electron chi connectivity index (χ0n) is 16.0. The van der Waals surface area contributed by atoms with Gasteiger partial charge < -0.3 is 14.4 Å². The summed E-state index contributed by atoms with van der Waals surface area (Å²) in [4.78, 5) is 14.6. The Bertz CT molecular complexity index is 751. The second kappa shape index (κ2) is 8.58. The van der Waals surface area contributed by atoms with E-state index in [4.69, 9.17) is 9.47 Å². The molecule has 1 amide bonds. The van der Waals surface area contributed by atoms with Gasteiger partial charge in [-0.15, -0.1) is 0 Å². The van der Waals surface area contributed by atoms with Gasteiger partial charge in [0.05, 0.1) is 31.1 Å². The van der Waals surface area contributed by atoms with Crippen LogP contribution in [0.4, 0.5) is 0 Å². The molecule has 2 aliphatic rings. The van der Waals surface area contributed by atoms with E-state index in [9.17, 15) is 13.2 Å². The van der Waals surface area contributed by atoms with Crippen molar-refractivity contribution in [3.8, 4) is 5.75 Å². The van der Waals surface area contributed by atoms with Crippen LogP contribution in [0.15, 0.2) is 24.3 Å². The van der Waals surface area contributed by atoms with Gasteiger partial charge in [-0.25, -0.2) is 12.7 Å². The summed E-state index contributed by atoms with van der Waals surface area (Å²) < 4.78 is 36.2. The van der Waals surface area contributed by atoms with Crippen LogP contribution in [0.2, 0.25) is 0 Å². The summed E-state index contributed by atoms with van der Waals surface area (Å²) in [6, 6.07) is 7.28. The fourth-order valence-electron chi connectivity index (χ4n) is 3.76. The number of hydrogen-bond acceptors (Lipinski definition) is 5. The zero-order valence-corrected chi connectivity index (χ0v) is 16.8. The number of nitrogens with zero attached hydrogens (tertiary/aromatic N) is 2. The average Bonchev–Trinajstić information content (AvgIpc) is 2.68. The lowest BCUT2D eigenvalue weighted by molar-refractivity contribution is -0.0557. The summed E-state index contributed by atoms with van der Waals surface area (Å²) in [5.41, 5.74) is 0.590. The molecule has 1 aromatic carbocycles. The number of piperidine rings is 2. The maximum absolute atomic E-state index is 12.7. The summed E-state index contributed by atoms with van der Waals surface area (Å²) in [6.07, 6.45) is 4.54. The van der Waals surface area contributed by atoms with Crippen molar-refractivity contribution in [1.82, 2.24) is 9.21 Å². The number of hydrogen-bond donors (Lipinski definition) is 0. The number of sulfonamides is 1. The molecule has 2 aliphatic heterocycles. The molecule has 7 nitrogen and oxygen atoms in total. The van der Waals surface area contributed by atoms with E-state index in [0.717, 1.165) is 25.7 Å². The monoisotopic (exact) mass is 396 g/mol. The predicted octanol–water partition coefficient (Wildman–Crippen LogP) is 1.74. The summed E-state index contributed by atoms with van der Waals surface area (Å²) in [7, 11) is -1.54. The van der Waals surface area contributed by atoms with Crippen LogP contribution in [0.3, 0.4) is 0 Å². The second-order valence-electron chi connectivity index (χ2n) is 7.19. The molecule has 0 radical (unpaired) electrons. The van der Waals surface area contributed by atoms with E-state index in [-0.39, 0.29) is 18.1 Å². The highest BCUT2D eigenvalue weighted by Crippen LogP contribution is 2.25. The Hall–Kier alpha value is -1.64. The number of amides is 1. The SMILES string of the molecule is COc1ccccc1C(=O)N1CCC(OC2CCN(S(C)(=O)=O)CC2)CC1. The van der Waals surface area contributed by atoms with Crippen molar-refractivity contribution < 1.29 is 22.7 Å². The number of benzene rings is 1. The predicted molar refractivity (Wildman–Crippen MR) is 102 cm³/mol. The van der Waals surface area contributed by atoms with Crippen LogP contribution >= 0.6 is 0 Å².